The second-order valence-electron chi connectivity index (χ2n) is 8.59. The van der Waals surface area contributed by atoms with E-state index in [1.807, 2.05) is 60.7 Å². The SMILES string of the molecule is CCOC(=O)C[C@@H](COCc1ccccc1)[C@@H]1O[C@H]1[C@H]1OC[C@@H](c2ccccc2)N1C(=O)OCC. The molecule has 2 aromatic carbocycles. The fourth-order valence-electron chi connectivity index (χ4n) is 4.49. The Morgan fingerprint density at radius 3 is 2.37 bits per heavy atom. The first-order valence-corrected chi connectivity index (χ1v) is 12.2. The van der Waals surface area contributed by atoms with E-state index >= 15 is 0 Å². The third-order valence-corrected chi connectivity index (χ3v) is 6.18. The van der Waals surface area contributed by atoms with Crippen LogP contribution in [0.2, 0.25) is 0 Å². The van der Waals surface area contributed by atoms with Crippen LogP contribution in [0.15, 0.2) is 60.7 Å². The molecule has 5 atom stereocenters. The second-order valence-corrected chi connectivity index (χ2v) is 8.59. The molecular weight excluding hydrogens is 450 g/mol. The highest BCUT2D eigenvalue weighted by Gasteiger charge is 2.57. The van der Waals surface area contributed by atoms with Crippen LogP contribution in [-0.4, -0.2) is 61.8 Å². The number of benzene rings is 2. The van der Waals surface area contributed by atoms with Crippen molar-refractivity contribution in [2.24, 2.45) is 5.92 Å². The summed E-state index contributed by atoms with van der Waals surface area (Å²) in [4.78, 5) is 26.8. The molecule has 188 valence electrons. The van der Waals surface area contributed by atoms with E-state index in [1.165, 1.54) is 0 Å². The number of amides is 1. The Morgan fingerprint density at radius 1 is 1.00 bits per heavy atom. The molecule has 0 saturated carbocycles. The van der Waals surface area contributed by atoms with Crippen molar-refractivity contribution in [2.75, 3.05) is 26.4 Å². The van der Waals surface area contributed by atoms with Gasteiger partial charge in [0.25, 0.3) is 0 Å². The van der Waals surface area contributed by atoms with Crippen LogP contribution >= 0.6 is 0 Å². The average molecular weight is 484 g/mol. The zero-order valence-electron chi connectivity index (χ0n) is 20.2. The summed E-state index contributed by atoms with van der Waals surface area (Å²) in [6.07, 6.45) is -1.57. The summed E-state index contributed by atoms with van der Waals surface area (Å²) in [5, 5.41) is 0. The third kappa shape index (κ3) is 6.39. The molecule has 0 N–H and O–H groups in total. The number of epoxide rings is 1. The summed E-state index contributed by atoms with van der Waals surface area (Å²) in [5.74, 6) is -0.530. The molecule has 2 fully saturated rings. The quantitative estimate of drug-likeness (QED) is 0.351. The molecular formula is C27H33NO7. The van der Waals surface area contributed by atoms with E-state index in [4.69, 9.17) is 23.7 Å². The zero-order valence-corrected chi connectivity index (χ0v) is 20.2. The largest absolute Gasteiger partial charge is 0.466 e. The van der Waals surface area contributed by atoms with Crippen LogP contribution in [0.5, 0.6) is 0 Å². The lowest BCUT2D eigenvalue weighted by Crippen LogP contribution is -2.42. The maximum Gasteiger partial charge on any atom is 0.412 e. The van der Waals surface area contributed by atoms with Crippen molar-refractivity contribution in [3.63, 3.8) is 0 Å². The predicted octanol–water partition coefficient (Wildman–Crippen LogP) is 4.10. The van der Waals surface area contributed by atoms with Crippen molar-refractivity contribution >= 4 is 12.1 Å². The van der Waals surface area contributed by atoms with Gasteiger partial charge in [-0.15, -0.1) is 0 Å². The van der Waals surface area contributed by atoms with Gasteiger partial charge in [-0.2, -0.15) is 0 Å². The summed E-state index contributed by atoms with van der Waals surface area (Å²) >= 11 is 0. The first-order chi connectivity index (χ1) is 17.1. The maximum atomic E-state index is 12.9. The molecule has 0 aliphatic carbocycles. The zero-order chi connectivity index (χ0) is 24.6. The minimum Gasteiger partial charge on any atom is -0.466 e. The van der Waals surface area contributed by atoms with Crippen molar-refractivity contribution < 1.29 is 33.3 Å². The lowest BCUT2D eigenvalue weighted by atomic mass is 9.99. The molecule has 4 rings (SSSR count). The van der Waals surface area contributed by atoms with Gasteiger partial charge >= 0.3 is 12.1 Å². The van der Waals surface area contributed by atoms with Gasteiger partial charge in [0, 0.05) is 5.92 Å². The molecule has 2 aromatic rings. The van der Waals surface area contributed by atoms with Crippen LogP contribution in [-0.2, 0) is 35.1 Å². The standard InChI is InChI=1S/C27H33NO7/c1-3-32-23(29)15-21(17-31-16-19-11-7-5-8-12-19)24-25(35-24)26-28(27(30)33-4-2)22(18-34-26)20-13-9-6-10-14-20/h5-14,21-22,24-26H,3-4,15-18H2,1-2H3/t21-,22-,24-,25+,26+/m0/s1. The second kappa shape index (κ2) is 12.2. The fourth-order valence-corrected chi connectivity index (χ4v) is 4.49. The highest BCUT2D eigenvalue weighted by Crippen LogP contribution is 2.42. The van der Waals surface area contributed by atoms with Crippen molar-refractivity contribution in [1.29, 1.82) is 0 Å². The highest BCUT2D eigenvalue weighted by molar-refractivity contribution is 5.70. The molecule has 2 aliphatic rings. The molecule has 0 aromatic heterocycles. The minimum absolute atomic E-state index is 0.165. The van der Waals surface area contributed by atoms with Crippen molar-refractivity contribution in [2.45, 2.75) is 51.4 Å². The Labute approximate surface area is 206 Å². The van der Waals surface area contributed by atoms with Crippen LogP contribution < -0.4 is 0 Å². The molecule has 0 radical (unpaired) electrons. The van der Waals surface area contributed by atoms with E-state index in [0.717, 1.165) is 11.1 Å². The van der Waals surface area contributed by atoms with Gasteiger partial charge in [-0.1, -0.05) is 60.7 Å². The summed E-state index contributed by atoms with van der Waals surface area (Å²) in [5.41, 5.74) is 2.02. The lowest BCUT2D eigenvalue weighted by molar-refractivity contribution is -0.145. The molecule has 0 unspecified atom stereocenters. The van der Waals surface area contributed by atoms with Gasteiger partial charge in [0.2, 0.25) is 0 Å². The monoisotopic (exact) mass is 483 g/mol. The number of carbonyl (C=O) groups excluding carboxylic acids is 2. The van der Waals surface area contributed by atoms with E-state index in [1.54, 1.807) is 18.7 Å². The van der Waals surface area contributed by atoms with Gasteiger partial charge in [0.15, 0.2) is 6.23 Å². The molecule has 0 bridgehead atoms. The van der Waals surface area contributed by atoms with Gasteiger partial charge in [0.05, 0.1) is 51.6 Å². The predicted molar refractivity (Wildman–Crippen MR) is 127 cm³/mol. The molecule has 8 heteroatoms. The average Bonchev–Trinajstić information content (AvgIpc) is 3.54. The number of carbonyl (C=O) groups is 2. The smallest absolute Gasteiger partial charge is 0.412 e. The van der Waals surface area contributed by atoms with Gasteiger partial charge in [-0.25, -0.2) is 4.79 Å². The van der Waals surface area contributed by atoms with E-state index in [0.29, 0.717) is 26.4 Å². The summed E-state index contributed by atoms with van der Waals surface area (Å²) in [6, 6.07) is 19.3. The summed E-state index contributed by atoms with van der Waals surface area (Å²) < 4.78 is 28.6. The topological polar surface area (TPSA) is 86.8 Å². The van der Waals surface area contributed by atoms with Gasteiger partial charge < -0.3 is 23.7 Å². The van der Waals surface area contributed by atoms with Crippen molar-refractivity contribution in [1.82, 2.24) is 4.90 Å². The Morgan fingerprint density at radius 2 is 1.69 bits per heavy atom. The normalized spacial score (nSPS) is 24.1. The number of ether oxygens (including phenoxy) is 5. The Hall–Kier alpha value is -2.94. The lowest BCUT2D eigenvalue weighted by Gasteiger charge is -2.27. The number of esters is 1. The first-order valence-electron chi connectivity index (χ1n) is 12.2. The number of nitrogens with zero attached hydrogens (tertiary/aromatic N) is 1. The van der Waals surface area contributed by atoms with E-state index < -0.39 is 12.3 Å². The van der Waals surface area contributed by atoms with E-state index in [9.17, 15) is 9.59 Å². The molecule has 2 heterocycles. The van der Waals surface area contributed by atoms with Crippen LogP contribution in [0.4, 0.5) is 4.79 Å². The van der Waals surface area contributed by atoms with E-state index in [-0.39, 0.29) is 43.2 Å². The highest BCUT2D eigenvalue weighted by atomic mass is 16.6. The Balaban J connectivity index is 1.44. The fraction of sp³-hybridized carbons (Fsp3) is 0.481. The molecule has 35 heavy (non-hydrogen) atoms. The summed E-state index contributed by atoms with van der Waals surface area (Å²) in [7, 11) is 0. The van der Waals surface area contributed by atoms with Gasteiger partial charge in [-0.3, -0.25) is 9.69 Å². The number of hydrogen-bond acceptors (Lipinski definition) is 7. The molecule has 2 saturated heterocycles. The molecule has 8 nitrogen and oxygen atoms in total. The number of hydrogen-bond donors (Lipinski definition) is 0. The molecule has 1 amide bonds. The van der Waals surface area contributed by atoms with E-state index in [2.05, 4.69) is 0 Å². The van der Waals surface area contributed by atoms with Crippen LogP contribution in [0.25, 0.3) is 0 Å². The minimum atomic E-state index is -0.608. The van der Waals surface area contributed by atoms with Gasteiger partial charge in [-0.05, 0) is 25.0 Å². The molecule has 0 spiro atoms. The third-order valence-electron chi connectivity index (χ3n) is 6.18. The summed E-state index contributed by atoms with van der Waals surface area (Å²) in [6.45, 7) is 5.22. The molecule has 2 aliphatic heterocycles. The van der Waals surface area contributed by atoms with Crippen molar-refractivity contribution in [3.05, 3.63) is 71.8 Å². The van der Waals surface area contributed by atoms with Crippen molar-refractivity contribution in [3.8, 4) is 0 Å². The van der Waals surface area contributed by atoms with Crippen LogP contribution in [0, 0.1) is 5.92 Å². The first kappa shape index (κ1) is 25.2. The Bertz CT molecular complexity index is 955. The Kier molecular flexibility index (Phi) is 8.74. The van der Waals surface area contributed by atoms with Crippen LogP contribution in [0.1, 0.15) is 37.4 Å². The van der Waals surface area contributed by atoms with Crippen LogP contribution in [0.3, 0.4) is 0 Å². The van der Waals surface area contributed by atoms with Gasteiger partial charge in [0.1, 0.15) is 6.10 Å². The maximum absolute atomic E-state index is 12.9. The number of rotatable bonds is 11.